The number of rotatable bonds is 7. The number of hydrogen-bond donors (Lipinski definition) is 1. The normalized spacial score (nSPS) is 25.0. The third kappa shape index (κ3) is 4.58. The van der Waals surface area contributed by atoms with Crippen LogP contribution in [0.3, 0.4) is 0 Å². The summed E-state index contributed by atoms with van der Waals surface area (Å²) in [7, 11) is 0. The average Bonchev–Trinajstić information content (AvgIpc) is 3.54. The van der Waals surface area contributed by atoms with E-state index in [4.69, 9.17) is 0 Å². The van der Waals surface area contributed by atoms with Gasteiger partial charge in [-0.05, 0) is 48.3 Å². The molecule has 2 aromatic rings. The number of likely N-dealkylation sites (tertiary alicyclic amines) is 1. The van der Waals surface area contributed by atoms with Crippen molar-refractivity contribution < 1.29 is 9.59 Å². The molecule has 1 aliphatic carbocycles. The van der Waals surface area contributed by atoms with Crippen LogP contribution in [0.2, 0.25) is 0 Å². The minimum absolute atomic E-state index is 0.0246. The summed E-state index contributed by atoms with van der Waals surface area (Å²) in [6.07, 6.45) is 4.93. The van der Waals surface area contributed by atoms with Crippen LogP contribution in [-0.2, 0) is 16.0 Å². The van der Waals surface area contributed by atoms with Gasteiger partial charge in [-0.1, -0.05) is 67.6 Å². The van der Waals surface area contributed by atoms with Gasteiger partial charge in [0.25, 0.3) is 0 Å². The molecule has 1 saturated heterocycles. The van der Waals surface area contributed by atoms with Gasteiger partial charge in [-0.3, -0.25) is 9.59 Å². The molecule has 162 valence electrons. The molecular formula is C27H32N2O2. The monoisotopic (exact) mass is 416 g/mol. The quantitative estimate of drug-likeness (QED) is 0.678. The molecule has 0 spiro atoms. The van der Waals surface area contributed by atoms with E-state index in [-0.39, 0.29) is 17.7 Å². The lowest BCUT2D eigenvalue weighted by Gasteiger charge is -2.42. The van der Waals surface area contributed by atoms with E-state index >= 15 is 0 Å². The predicted octanol–water partition coefficient (Wildman–Crippen LogP) is 4.46. The van der Waals surface area contributed by atoms with Gasteiger partial charge in [0.15, 0.2) is 0 Å². The van der Waals surface area contributed by atoms with E-state index in [1.807, 2.05) is 35.2 Å². The maximum absolute atomic E-state index is 13.5. The number of nitrogens with zero attached hydrogens (tertiary/aromatic N) is 1. The Morgan fingerprint density at radius 1 is 1.16 bits per heavy atom. The molecule has 2 aromatic carbocycles. The number of hydrogen-bond acceptors (Lipinski definition) is 2. The maximum Gasteiger partial charge on any atom is 0.228 e. The lowest BCUT2D eigenvalue weighted by molar-refractivity contribution is -0.142. The minimum Gasteiger partial charge on any atom is -0.352 e. The van der Waals surface area contributed by atoms with Crippen LogP contribution in [0.4, 0.5) is 0 Å². The molecule has 31 heavy (non-hydrogen) atoms. The van der Waals surface area contributed by atoms with Crippen LogP contribution in [0.25, 0.3) is 11.1 Å². The summed E-state index contributed by atoms with van der Waals surface area (Å²) in [5.41, 5.74) is 2.82. The first-order valence-electron chi connectivity index (χ1n) is 11.4. The lowest BCUT2D eigenvalue weighted by atomic mass is 9.73. The van der Waals surface area contributed by atoms with Crippen LogP contribution >= 0.6 is 0 Å². The Hall–Kier alpha value is -2.88. The van der Waals surface area contributed by atoms with Crippen LogP contribution in [0.15, 0.2) is 67.3 Å². The molecule has 4 rings (SSSR count). The minimum atomic E-state index is -0.625. The van der Waals surface area contributed by atoms with Crippen molar-refractivity contribution in [3.63, 3.8) is 0 Å². The van der Waals surface area contributed by atoms with Crippen LogP contribution in [0.5, 0.6) is 0 Å². The summed E-state index contributed by atoms with van der Waals surface area (Å²) in [4.78, 5) is 28.4. The zero-order valence-electron chi connectivity index (χ0n) is 18.3. The van der Waals surface area contributed by atoms with Crippen molar-refractivity contribution in [3.05, 3.63) is 72.8 Å². The van der Waals surface area contributed by atoms with Crippen molar-refractivity contribution in [1.29, 1.82) is 0 Å². The number of carbonyl (C=O) groups is 2. The van der Waals surface area contributed by atoms with Gasteiger partial charge in [-0.2, -0.15) is 0 Å². The van der Waals surface area contributed by atoms with E-state index in [1.165, 1.54) is 0 Å². The van der Waals surface area contributed by atoms with Gasteiger partial charge in [0.2, 0.25) is 11.8 Å². The third-order valence-electron chi connectivity index (χ3n) is 6.83. The van der Waals surface area contributed by atoms with Gasteiger partial charge >= 0.3 is 0 Å². The molecule has 1 N–H and O–H groups in total. The highest BCUT2D eigenvalue weighted by Gasteiger charge is 2.47. The van der Waals surface area contributed by atoms with E-state index in [1.54, 1.807) is 6.08 Å². The van der Waals surface area contributed by atoms with E-state index in [0.29, 0.717) is 25.4 Å². The second kappa shape index (κ2) is 9.09. The Bertz CT molecular complexity index is 955. The largest absolute Gasteiger partial charge is 0.352 e. The second-order valence-corrected chi connectivity index (χ2v) is 9.16. The van der Waals surface area contributed by atoms with Crippen LogP contribution < -0.4 is 5.32 Å². The first-order chi connectivity index (χ1) is 15.0. The molecule has 0 bridgehead atoms. The molecule has 0 aromatic heterocycles. The molecule has 3 atom stereocenters. The zero-order chi connectivity index (χ0) is 21.8. The maximum atomic E-state index is 13.5. The molecule has 4 heteroatoms. The fraction of sp³-hybridized carbons (Fsp3) is 0.407. The number of amides is 2. The Balaban J connectivity index is 1.66. The molecule has 4 nitrogen and oxygen atoms in total. The first-order valence-corrected chi connectivity index (χ1v) is 11.4. The molecular weight excluding hydrogens is 384 g/mol. The molecule has 2 amide bonds. The zero-order valence-corrected chi connectivity index (χ0v) is 18.3. The Labute approximate surface area is 185 Å². The summed E-state index contributed by atoms with van der Waals surface area (Å²) < 4.78 is 0. The van der Waals surface area contributed by atoms with Gasteiger partial charge in [0.05, 0.1) is 5.41 Å². The molecule has 1 aliphatic heterocycles. The van der Waals surface area contributed by atoms with Crippen molar-refractivity contribution in [2.45, 2.75) is 32.6 Å². The van der Waals surface area contributed by atoms with Crippen LogP contribution in [0.1, 0.15) is 31.7 Å². The highest BCUT2D eigenvalue weighted by atomic mass is 16.2. The summed E-state index contributed by atoms with van der Waals surface area (Å²) in [5, 5.41) is 3.04. The summed E-state index contributed by atoms with van der Waals surface area (Å²) >= 11 is 0. The molecule has 0 radical (unpaired) electrons. The Morgan fingerprint density at radius 2 is 1.87 bits per heavy atom. The number of benzene rings is 2. The van der Waals surface area contributed by atoms with Gasteiger partial charge < -0.3 is 10.2 Å². The standard InChI is InChI=1S/C27H32N2O2/c1-3-15-28-26(31)27(14-9-16-29(19-27)25(30)24-17-20(24)2)18-22-12-7-8-13-23(22)21-10-5-4-6-11-21/h3-8,10-13,20,24H,1,9,14-19H2,2H3,(H,28,31)/t20-,24+,27-/m0/s1. The highest BCUT2D eigenvalue weighted by molar-refractivity contribution is 5.86. The smallest absolute Gasteiger partial charge is 0.228 e. The molecule has 1 heterocycles. The van der Waals surface area contributed by atoms with Crippen molar-refractivity contribution >= 4 is 11.8 Å². The van der Waals surface area contributed by atoms with E-state index in [0.717, 1.165) is 42.5 Å². The summed E-state index contributed by atoms with van der Waals surface area (Å²) in [5.74, 6) is 0.863. The number of carbonyl (C=O) groups excluding carboxylic acids is 2. The highest BCUT2D eigenvalue weighted by Crippen LogP contribution is 2.42. The van der Waals surface area contributed by atoms with Gasteiger partial charge in [-0.15, -0.1) is 6.58 Å². The van der Waals surface area contributed by atoms with Crippen molar-refractivity contribution in [2.24, 2.45) is 17.3 Å². The Morgan fingerprint density at radius 3 is 2.58 bits per heavy atom. The van der Waals surface area contributed by atoms with Gasteiger partial charge in [-0.25, -0.2) is 0 Å². The fourth-order valence-corrected chi connectivity index (χ4v) is 4.92. The van der Waals surface area contributed by atoms with Crippen molar-refractivity contribution in [3.8, 4) is 11.1 Å². The van der Waals surface area contributed by atoms with Gasteiger partial charge in [0.1, 0.15) is 0 Å². The van der Waals surface area contributed by atoms with Crippen LogP contribution in [-0.4, -0.2) is 36.3 Å². The SMILES string of the molecule is C=CCNC(=O)[C@]1(Cc2ccccc2-c2ccccc2)CCCN(C(=O)[C@@H]2C[C@@H]2C)C1. The predicted molar refractivity (Wildman–Crippen MR) is 124 cm³/mol. The van der Waals surface area contributed by atoms with Gasteiger partial charge in [0, 0.05) is 25.6 Å². The third-order valence-corrected chi connectivity index (χ3v) is 6.83. The molecule has 0 unspecified atom stereocenters. The second-order valence-electron chi connectivity index (χ2n) is 9.16. The van der Waals surface area contributed by atoms with Crippen LogP contribution in [0, 0.1) is 17.3 Å². The molecule has 2 aliphatic rings. The molecule has 1 saturated carbocycles. The Kier molecular flexibility index (Phi) is 6.26. The van der Waals surface area contributed by atoms with E-state index in [9.17, 15) is 9.59 Å². The topological polar surface area (TPSA) is 49.4 Å². The number of piperidine rings is 1. The van der Waals surface area contributed by atoms with E-state index in [2.05, 4.69) is 43.1 Å². The lowest BCUT2D eigenvalue weighted by Crippen LogP contribution is -2.55. The fourth-order valence-electron chi connectivity index (χ4n) is 4.92. The van der Waals surface area contributed by atoms with Crippen molar-refractivity contribution in [2.75, 3.05) is 19.6 Å². The first kappa shape index (κ1) is 21.4. The molecule has 2 fully saturated rings. The van der Waals surface area contributed by atoms with Crippen molar-refractivity contribution in [1.82, 2.24) is 10.2 Å². The summed E-state index contributed by atoms with van der Waals surface area (Å²) in [6.45, 7) is 7.55. The number of nitrogens with one attached hydrogen (secondary N) is 1. The average molecular weight is 417 g/mol. The van der Waals surface area contributed by atoms with E-state index < -0.39 is 5.41 Å². The summed E-state index contributed by atoms with van der Waals surface area (Å²) in [6, 6.07) is 18.6.